The Balaban J connectivity index is 1.63. The Kier molecular flexibility index (Phi) is 5.53. The molecule has 3 rings (SSSR count). The summed E-state index contributed by atoms with van der Waals surface area (Å²) in [6, 6.07) is 7.79. The zero-order valence-corrected chi connectivity index (χ0v) is 14.1. The van der Waals surface area contributed by atoms with Crippen LogP contribution in [-0.4, -0.2) is 55.9 Å². The van der Waals surface area contributed by atoms with Crippen LogP contribution in [0.5, 0.6) is 5.75 Å². The van der Waals surface area contributed by atoms with Gasteiger partial charge in [0.25, 0.3) is 0 Å². The van der Waals surface area contributed by atoms with E-state index < -0.39 is 0 Å². The van der Waals surface area contributed by atoms with E-state index >= 15 is 0 Å². The summed E-state index contributed by atoms with van der Waals surface area (Å²) in [5.41, 5.74) is 1.00. The van der Waals surface area contributed by atoms with E-state index in [2.05, 4.69) is 6.58 Å². The van der Waals surface area contributed by atoms with Gasteiger partial charge in [0.1, 0.15) is 11.9 Å². The van der Waals surface area contributed by atoms with Crippen molar-refractivity contribution in [2.24, 2.45) is 0 Å². The van der Waals surface area contributed by atoms with E-state index in [0.717, 1.165) is 24.2 Å². The van der Waals surface area contributed by atoms with Crippen LogP contribution in [-0.2, 0) is 20.7 Å². The molecule has 1 heterocycles. The number of methoxy groups -OCH3 is 1. The number of amides is 1. The predicted octanol–water partition coefficient (Wildman–Crippen LogP) is 2.20. The second kappa shape index (κ2) is 7.81. The fourth-order valence-electron chi connectivity index (χ4n) is 3.61. The highest BCUT2D eigenvalue weighted by molar-refractivity contribution is 5.79. The molecule has 5 heteroatoms. The summed E-state index contributed by atoms with van der Waals surface area (Å²) in [7, 11) is 1.64. The van der Waals surface area contributed by atoms with Gasteiger partial charge in [0.2, 0.25) is 5.91 Å². The van der Waals surface area contributed by atoms with Gasteiger partial charge in [-0.1, -0.05) is 18.2 Å². The lowest BCUT2D eigenvalue weighted by molar-refractivity contribution is -0.150. The number of ether oxygens (including phenoxy) is 3. The summed E-state index contributed by atoms with van der Waals surface area (Å²) in [4.78, 5) is 14.7. The number of rotatable bonds is 6. The zero-order valence-electron chi connectivity index (χ0n) is 14.1. The summed E-state index contributed by atoms with van der Waals surface area (Å²) >= 11 is 0. The molecular weight excluding hydrogens is 306 g/mol. The van der Waals surface area contributed by atoms with Crippen LogP contribution in [0.25, 0.3) is 0 Å². The second-order valence-corrected chi connectivity index (χ2v) is 6.25. The van der Waals surface area contributed by atoms with Crippen LogP contribution < -0.4 is 4.74 Å². The Morgan fingerprint density at radius 1 is 1.38 bits per heavy atom. The maximum atomic E-state index is 12.8. The molecule has 130 valence electrons. The van der Waals surface area contributed by atoms with Gasteiger partial charge in [0.15, 0.2) is 0 Å². The third-order valence-corrected chi connectivity index (χ3v) is 4.80. The Hall–Kier alpha value is -1.85. The number of carbonyl (C=O) groups excluding carboxylic acids is 1. The van der Waals surface area contributed by atoms with Crippen molar-refractivity contribution < 1.29 is 19.0 Å². The first-order valence-electron chi connectivity index (χ1n) is 8.49. The fraction of sp³-hybridized carbons (Fsp3) is 0.526. The molecule has 1 amide bonds. The first-order chi connectivity index (χ1) is 11.7. The van der Waals surface area contributed by atoms with Crippen LogP contribution in [0.2, 0.25) is 0 Å². The third kappa shape index (κ3) is 3.62. The highest BCUT2D eigenvalue weighted by Gasteiger charge is 2.44. The van der Waals surface area contributed by atoms with Crippen LogP contribution in [0.1, 0.15) is 18.4 Å². The Morgan fingerprint density at radius 2 is 2.17 bits per heavy atom. The van der Waals surface area contributed by atoms with Gasteiger partial charge in [-0.05, 0) is 30.5 Å². The van der Waals surface area contributed by atoms with Crippen LogP contribution in [0.4, 0.5) is 0 Å². The van der Waals surface area contributed by atoms with Crippen molar-refractivity contribution >= 4 is 5.91 Å². The largest absolute Gasteiger partial charge is 0.497 e. The first kappa shape index (κ1) is 17.0. The standard InChI is InChI=1S/C19H25NO4/c1-3-11-23-17-9-8-16-19(17)24-12-10-20(16)18(21)13-14-4-6-15(22-2)7-5-14/h3-7,16-17,19H,1,8-13H2,2H3/t16-,17+,19+/m0/s1. The molecule has 1 aromatic rings. The SMILES string of the molecule is C=CCO[C@@H]1CC[C@H]2[C@H]1OCCN2C(=O)Cc1ccc(OC)cc1. The van der Waals surface area contributed by atoms with E-state index in [1.54, 1.807) is 13.2 Å². The smallest absolute Gasteiger partial charge is 0.227 e. The molecule has 0 spiro atoms. The minimum atomic E-state index is -0.0153. The molecule has 2 aliphatic rings. The zero-order chi connectivity index (χ0) is 16.9. The molecule has 1 saturated heterocycles. The minimum absolute atomic E-state index is 0.0153. The quantitative estimate of drug-likeness (QED) is 0.750. The predicted molar refractivity (Wildman–Crippen MR) is 91.1 cm³/mol. The molecule has 1 aliphatic carbocycles. The van der Waals surface area contributed by atoms with Gasteiger partial charge in [0, 0.05) is 6.54 Å². The number of nitrogens with zero attached hydrogens (tertiary/aromatic N) is 1. The lowest BCUT2D eigenvalue weighted by Gasteiger charge is -2.39. The third-order valence-electron chi connectivity index (χ3n) is 4.80. The van der Waals surface area contributed by atoms with Crippen LogP contribution in [0.15, 0.2) is 36.9 Å². The van der Waals surface area contributed by atoms with Gasteiger partial charge in [0.05, 0.1) is 38.9 Å². The van der Waals surface area contributed by atoms with Gasteiger partial charge in [-0.15, -0.1) is 6.58 Å². The monoisotopic (exact) mass is 331 g/mol. The maximum Gasteiger partial charge on any atom is 0.227 e. The number of morpholine rings is 1. The molecule has 0 unspecified atom stereocenters. The highest BCUT2D eigenvalue weighted by atomic mass is 16.5. The molecule has 3 atom stereocenters. The van der Waals surface area contributed by atoms with Gasteiger partial charge >= 0.3 is 0 Å². The van der Waals surface area contributed by atoms with E-state index in [1.165, 1.54) is 0 Å². The average molecular weight is 331 g/mol. The average Bonchev–Trinajstić information content (AvgIpc) is 3.03. The van der Waals surface area contributed by atoms with E-state index in [9.17, 15) is 4.79 Å². The van der Waals surface area contributed by atoms with Crippen LogP contribution in [0.3, 0.4) is 0 Å². The van der Waals surface area contributed by atoms with E-state index in [1.807, 2.05) is 29.2 Å². The number of hydrogen-bond acceptors (Lipinski definition) is 4. The Labute approximate surface area is 143 Å². The lowest BCUT2D eigenvalue weighted by Crippen LogP contribution is -2.54. The van der Waals surface area contributed by atoms with Gasteiger partial charge < -0.3 is 19.1 Å². The topological polar surface area (TPSA) is 48.0 Å². The molecule has 1 saturated carbocycles. The molecule has 5 nitrogen and oxygen atoms in total. The molecule has 0 N–H and O–H groups in total. The van der Waals surface area contributed by atoms with Gasteiger partial charge in [-0.3, -0.25) is 4.79 Å². The normalized spacial score (nSPS) is 26.0. The summed E-state index contributed by atoms with van der Waals surface area (Å²) in [6.07, 6.45) is 4.06. The van der Waals surface area contributed by atoms with Gasteiger partial charge in [-0.2, -0.15) is 0 Å². The van der Waals surface area contributed by atoms with Crippen LogP contribution in [0, 0.1) is 0 Å². The van der Waals surface area contributed by atoms with Crippen molar-refractivity contribution in [1.82, 2.24) is 4.90 Å². The van der Waals surface area contributed by atoms with Crippen LogP contribution >= 0.6 is 0 Å². The van der Waals surface area contributed by atoms with E-state index in [0.29, 0.717) is 26.2 Å². The highest BCUT2D eigenvalue weighted by Crippen LogP contribution is 2.32. The lowest BCUT2D eigenvalue weighted by atomic mass is 10.1. The fourth-order valence-corrected chi connectivity index (χ4v) is 3.61. The Morgan fingerprint density at radius 3 is 2.88 bits per heavy atom. The molecule has 0 bridgehead atoms. The van der Waals surface area contributed by atoms with Crippen molar-refractivity contribution in [3.8, 4) is 5.75 Å². The second-order valence-electron chi connectivity index (χ2n) is 6.25. The summed E-state index contributed by atoms with van der Waals surface area (Å²) in [6.45, 7) is 5.44. The van der Waals surface area contributed by atoms with Gasteiger partial charge in [-0.25, -0.2) is 0 Å². The molecule has 1 aromatic carbocycles. The molecule has 0 radical (unpaired) electrons. The summed E-state index contributed by atoms with van der Waals surface area (Å²) in [5, 5.41) is 0. The number of hydrogen-bond donors (Lipinski definition) is 0. The van der Waals surface area contributed by atoms with E-state index in [4.69, 9.17) is 14.2 Å². The van der Waals surface area contributed by atoms with Crippen molar-refractivity contribution in [1.29, 1.82) is 0 Å². The maximum absolute atomic E-state index is 12.8. The molecule has 1 aliphatic heterocycles. The van der Waals surface area contributed by atoms with Crippen molar-refractivity contribution in [3.05, 3.63) is 42.5 Å². The first-order valence-corrected chi connectivity index (χ1v) is 8.49. The number of benzene rings is 1. The number of fused-ring (bicyclic) bond motifs is 1. The molecular formula is C19H25NO4. The number of carbonyl (C=O) groups is 1. The van der Waals surface area contributed by atoms with Crippen molar-refractivity contribution in [3.63, 3.8) is 0 Å². The molecule has 0 aromatic heterocycles. The van der Waals surface area contributed by atoms with Crippen molar-refractivity contribution in [2.75, 3.05) is 26.9 Å². The molecule has 2 fully saturated rings. The van der Waals surface area contributed by atoms with Crippen molar-refractivity contribution in [2.45, 2.75) is 37.5 Å². The Bertz CT molecular complexity index is 571. The molecule has 24 heavy (non-hydrogen) atoms. The summed E-state index contributed by atoms with van der Waals surface area (Å²) in [5.74, 6) is 0.957. The van der Waals surface area contributed by atoms with E-state index in [-0.39, 0.29) is 24.2 Å². The minimum Gasteiger partial charge on any atom is -0.497 e. The summed E-state index contributed by atoms with van der Waals surface area (Å²) < 4.78 is 16.9.